The molecule has 2 aromatic carbocycles. The molecule has 0 aliphatic heterocycles. The maximum atomic E-state index is 13.4. The van der Waals surface area contributed by atoms with E-state index >= 15 is 0 Å². The van der Waals surface area contributed by atoms with Crippen LogP contribution < -0.4 is 4.80 Å². The zero-order valence-corrected chi connectivity index (χ0v) is 15.2. The van der Waals surface area contributed by atoms with Gasteiger partial charge in [0, 0.05) is 5.56 Å². The van der Waals surface area contributed by atoms with E-state index in [2.05, 4.69) is 11.9 Å². The van der Waals surface area contributed by atoms with E-state index in [4.69, 9.17) is 4.74 Å². The first-order chi connectivity index (χ1) is 12.5. The van der Waals surface area contributed by atoms with Gasteiger partial charge in [-0.2, -0.15) is 4.99 Å². The van der Waals surface area contributed by atoms with E-state index in [0.29, 0.717) is 4.80 Å². The van der Waals surface area contributed by atoms with Crippen molar-refractivity contribution in [3.63, 3.8) is 0 Å². The highest BCUT2D eigenvalue weighted by molar-refractivity contribution is 7.16. The molecule has 3 aromatic rings. The van der Waals surface area contributed by atoms with Gasteiger partial charge in [-0.25, -0.2) is 4.39 Å². The SMILES string of the molecule is CCc1ccc2c(c1)sc(=NC(=O)c1cccc(F)c1)n2CC(=O)OC. The summed E-state index contributed by atoms with van der Waals surface area (Å²) in [4.78, 5) is 28.7. The Morgan fingerprint density at radius 1 is 1.23 bits per heavy atom. The summed E-state index contributed by atoms with van der Waals surface area (Å²) in [6.07, 6.45) is 0.875. The third-order valence-corrected chi connectivity index (χ3v) is 4.98. The van der Waals surface area contributed by atoms with Crippen LogP contribution in [0, 0.1) is 5.82 Å². The molecule has 134 valence electrons. The molecule has 0 aliphatic rings. The Morgan fingerprint density at radius 2 is 2.04 bits per heavy atom. The van der Waals surface area contributed by atoms with Crippen LogP contribution in [0.2, 0.25) is 0 Å². The van der Waals surface area contributed by atoms with Crippen LogP contribution in [0.1, 0.15) is 22.8 Å². The minimum Gasteiger partial charge on any atom is -0.468 e. The average Bonchev–Trinajstić information content (AvgIpc) is 2.97. The lowest BCUT2D eigenvalue weighted by Gasteiger charge is -2.04. The lowest BCUT2D eigenvalue weighted by molar-refractivity contribution is -0.141. The molecule has 1 amide bonds. The van der Waals surface area contributed by atoms with Gasteiger partial charge in [0.1, 0.15) is 12.4 Å². The number of carbonyl (C=O) groups is 2. The Bertz CT molecular complexity index is 1050. The number of methoxy groups -OCH3 is 1. The summed E-state index contributed by atoms with van der Waals surface area (Å²) >= 11 is 1.31. The van der Waals surface area contributed by atoms with Gasteiger partial charge in [-0.15, -0.1) is 0 Å². The Kier molecular flexibility index (Phi) is 5.27. The van der Waals surface area contributed by atoms with Gasteiger partial charge in [0.2, 0.25) is 0 Å². The lowest BCUT2D eigenvalue weighted by Crippen LogP contribution is -2.22. The molecule has 0 saturated heterocycles. The molecule has 5 nitrogen and oxygen atoms in total. The zero-order chi connectivity index (χ0) is 18.7. The van der Waals surface area contributed by atoms with Gasteiger partial charge in [0.15, 0.2) is 4.80 Å². The van der Waals surface area contributed by atoms with Gasteiger partial charge in [-0.3, -0.25) is 9.59 Å². The molecule has 0 saturated carbocycles. The van der Waals surface area contributed by atoms with Crippen molar-refractivity contribution in [3.8, 4) is 0 Å². The van der Waals surface area contributed by atoms with Crippen molar-refractivity contribution in [2.24, 2.45) is 4.99 Å². The third-order valence-electron chi connectivity index (χ3n) is 3.94. The van der Waals surface area contributed by atoms with Crippen LogP contribution in [-0.4, -0.2) is 23.6 Å². The fourth-order valence-electron chi connectivity index (χ4n) is 2.54. The van der Waals surface area contributed by atoms with Crippen LogP contribution in [-0.2, 0) is 22.5 Å². The number of benzene rings is 2. The number of fused-ring (bicyclic) bond motifs is 1. The summed E-state index contributed by atoms with van der Waals surface area (Å²) in [5, 5.41) is 0. The Balaban J connectivity index is 2.14. The highest BCUT2D eigenvalue weighted by Gasteiger charge is 2.13. The van der Waals surface area contributed by atoms with Crippen LogP contribution in [0.4, 0.5) is 4.39 Å². The number of hydrogen-bond donors (Lipinski definition) is 0. The predicted octanol–water partition coefficient (Wildman–Crippen LogP) is 3.32. The number of ether oxygens (including phenoxy) is 1. The number of esters is 1. The van der Waals surface area contributed by atoms with Crippen molar-refractivity contribution in [2.45, 2.75) is 19.9 Å². The summed E-state index contributed by atoms with van der Waals surface area (Å²) in [5.41, 5.74) is 2.09. The summed E-state index contributed by atoms with van der Waals surface area (Å²) in [6.45, 7) is 1.99. The second-order valence-electron chi connectivity index (χ2n) is 5.63. The lowest BCUT2D eigenvalue weighted by atomic mass is 10.2. The van der Waals surface area contributed by atoms with Crippen LogP contribution in [0.25, 0.3) is 10.2 Å². The van der Waals surface area contributed by atoms with Crippen molar-refractivity contribution >= 4 is 33.4 Å². The van der Waals surface area contributed by atoms with E-state index in [1.165, 1.54) is 36.6 Å². The van der Waals surface area contributed by atoms with Gasteiger partial charge < -0.3 is 9.30 Å². The first-order valence-electron chi connectivity index (χ1n) is 8.05. The predicted molar refractivity (Wildman–Crippen MR) is 97.5 cm³/mol. The first-order valence-corrected chi connectivity index (χ1v) is 8.87. The van der Waals surface area contributed by atoms with Crippen LogP contribution in [0.5, 0.6) is 0 Å². The third kappa shape index (κ3) is 3.72. The number of rotatable bonds is 4. The Hall–Kier alpha value is -2.80. The van der Waals surface area contributed by atoms with Crippen molar-refractivity contribution < 1.29 is 18.7 Å². The molecule has 0 N–H and O–H groups in total. The smallest absolute Gasteiger partial charge is 0.325 e. The maximum Gasteiger partial charge on any atom is 0.325 e. The molecule has 3 rings (SSSR count). The van der Waals surface area contributed by atoms with E-state index in [9.17, 15) is 14.0 Å². The van der Waals surface area contributed by atoms with Gasteiger partial charge in [0.05, 0.1) is 17.3 Å². The average molecular weight is 372 g/mol. The van der Waals surface area contributed by atoms with Gasteiger partial charge in [-0.05, 0) is 42.3 Å². The molecule has 0 radical (unpaired) electrons. The number of halogens is 1. The summed E-state index contributed by atoms with van der Waals surface area (Å²) in [6, 6.07) is 11.2. The molecule has 0 spiro atoms. The van der Waals surface area contributed by atoms with Gasteiger partial charge in [-0.1, -0.05) is 30.4 Å². The normalized spacial score (nSPS) is 11.7. The van der Waals surface area contributed by atoms with E-state index in [1.807, 2.05) is 18.2 Å². The molecule has 1 aromatic heterocycles. The largest absolute Gasteiger partial charge is 0.468 e. The second kappa shape index (κ2) is 7.61. The van der Waals surface area contributed by atoms with E-state index in [-0.39, 0.29) is 12.1 Å². The summed E-state index contributed by atoms with van der Waals surface area (Å²) < 4.78 is 20.7. The first kappa shape index (κ1) is 18.0. The molecule has 26 heavy (non-hydrogen) atoms. The van der Waals surface area contributed by atoms with Crippen molar-refractivity contribution in [1.29, 1.82) is 0 Å². The summed E-state index contributed by atoms with van der Waals surface area (Å²) in [5.74, 6) is -1.51. The fourth-order valence-corrected chi connectivity index (χ4v) is 3.63. The van der Waals surface area contributed by atoms with E-state index in [0.717, 1.165) is 28.3 Å². The van der Waals surface area contributed by atoms with Crippen LogP contribution in [0.15, 0.2) is 47.5 Å². The Morgan fingerprint density at radius 3 is 2.73 bits per heavy atom. The molecule has 1 heterocycles. The quantitative estimate of drug-likeness (QED) is 0.660. The summed E-state index contributed by atoms with van der Waals surface area (Å²) in [7, 11) is 1.31. The minimum absolute atomic E-state index is 0.0583. The van der Waals surface area contributed by atoms with Crippen molar-refractivity contribution in [2.75, 3.05) is 7.11 Å². The number of hydrogen-bond acceptors (Lipinski definition) is 4. The van der Waals surface area contributed by atoms with E-state index < -0.39 is 17.7 Å². The molecule has 0 unspecified atom stereocenters. The van der Waals surface area contributed by atoms with Crippen molar-refractivity contribution in [1.82, 2.24) is 4.57 Å². The van der Waals surface area contributed by atoms with Gasteiger partial charge in [0.25, 0.3) is 5.91 Å². The maximum absolute atomic E-state index is 13.4. The molecule has 0 bridgehead atoms. The number of carbonyl (C=O) groups excluding carboxylic acids is 2. The molecule has 0 atom stereocenters. The van der Waals surface area contributed by atoms with E-state index in [1.54, 1.807) is 4.57 Å². The minimum atomic E-state index is -0.564. The van der Waals surface area contributed by atoms with Crippen molar-refractivity contribution in [3.05, 3.63) is 64.2 Å². The number of aromatic nitrogens is 1. The highest BCUT2D eigenvalue weighted by Crippen LogP contribution is 2.20. The molecule has 0 aliphatic carbocycles. The fraction of sp³-hybridized carbons (Fsp3) is 0.211. The number of nitrogens with zero attached hydrogens (tertiary/aromatic N) is 2. The highest BCUT2D eigenvalue weighted by atomic mass is 32.1. The standard InChI is InChI=1S/C19H17FN2O3S/c1-3-12-7-8-15-16(9-12)26-19(22(15)11-17(23)25-2)21-18(24)13-5-4-6-14(20)10-13/h4-10H,3,11H2,1-2H3. The Labute approximate surface area is 153 Å². The number of thiazole rings is 1. The van der Waals surface area contributed by atoms with Gasteiger partial charge >= 0.3 is 5.97 Å². The molecule has 0 fully saturated rings. The van der Waals surface area contributed by atoms with Crippen LogP contribution >= 0.6 is 11.3 Å². The molecule has 7 heteroatoms. The topological polar surface area (TPSA) is 60.7 Å². The molecular weight excluding hydrogens is 355 g/mol. The number of amides is 1. The monoisotopic (exact) mass is 372 g/mol. The van der Waals surface area contributed by atoms with Crippen LogP contribution in [0.3, 0.4) is 0 Å². The number of aryl methyl sites for hydroxylation is 1. The zero-order valence-electron chi connectivity index (χ0n) is 14.4. The second-order valence-corrected chi connectivity index (χ2v) is 6.64. The molecular formula is C19H17FN2O3S.